The molecule has 0 unspecified atom stereocenters. The molecule has 0 amide bonds. The average Bonchev–Trinajstić information content (AvgIpc) is 2.43. The SMILES string of the molecule is CCNCc1cc(Cl)ccc1Oc1ccc(Cl)c(F)c1. The maximum absolute atomic E-state index is 13.4. The van der Waals surface area contributed by atoms with Crippen LogP contribution in [0.1, 0.15) is 12.5 Å². The summed E-state index contributed by atoms with van der Waals surface area (Å²) in [5.41, 5.74) is 0.912. The Kier molecular flexibility index (Phi) is 5.24. The van der Waals surface area contributed by atoms with E-state index in [-0.39, 0.29) is 5.02 Å². The molecule has 0 bridgehead atoms. The Morgan fingerprint density at radius 1 is 1.15 bits per heavy atom. The van der Waals surface area contributed by atoms with Gasteiger partial charge in [0, 0.05) is 23.2 Å². The van der Waals surface area contributed by atoms with Crippen molar-refractivity contribution in [3.63, 3.8) is 0 Å². The number of benzene rings is 2. The van der Waals surface area contributed by atoms with Crippen LogP contribution in [0.5, 0.6) is 11.5 Å². The molecule has 0 saturated heterocycles. The standard InChI is InChI=1S/C15H14Cl2FNO/c1-2-19-9-10-7-11(16)3-6-15(10)20-12-4-5-13(17)14(18)8-12/h3-8,19H,2,9H2,1H3. The molecule has 20 heavy (non-hydrogen) atoms. The van der Waals surface area contributed by atoms with Crippen LogP contribution in [0.2, 0.25) is 10.0 Å². The van der Waals surface area contributed by atoms with E-state index in [9.17, 15) is 4.39 Å². The number of hydrogen-bond acceptors (Lipinski definition) is 2. The van der Waals surface area contributed by atoms with Crippen LogP contribution in [-0.2, 0) is 6.54 Å². The smallest absolute Gasteiger partial charge is 0.145 e. The summed E-state index contributed by atoms with van der Waals surface area (Å²) < 4.78 is 19.1. The zero-order chi connectivity index (χ0) is 14.5. The van der Waals surface area contributed by atoms with Crippen LogP contribution in [0.15, 0.2) is 36.4 Å². The zero-order valence-corrected chi connectivity index (χ0v) is 12.4. The van der Waals surface area contributed by atoms with Gasteiger partial charge in [-0.05, 0) is 36.9 Å². The molecular weight excluding hydrogens is 300 g/mol. The Morgan fingerprint density at radius 2 is 1.95 bits per heavy atom. The lowest BCUT2D eigenvalue weighted by atomic mass is 10.2. The highest BCUT2D eigenvalue weighted by Gasteiger charge is 2.08. The normalized spacial score (nSPS) is 10.6. The van der Waals surface area contributed by atoms with Gasteiger partial charge in [0.1, 0.15) is 17.3 Å². The van der Waals surface area contributed by atoms with Crippen LogP contribution in [0.3, 0.4) is 0 Å². The second-order valence-electron chi connectivity index (χ2n) is 4.21. The predicted molar refractivity (Wildman–Crippen MR) is 80.3 cm³/mol. The summed E-state index contributed by atoms with van der Waals surface area (Å²) in [7, 11) is 0. The first kappa shape index (κ1) is 15.1. The van der Waals surface area contributed by atoms with Gasteiger partial charge in [0.15, 0.2) is 0 Å². The Hall–Kier alpha value is -1.29. The first-order valence-electron chi connectivity index (χ1n) is 6.22. The minimum absolute atomic E-state index is 0.0707. The van der Waals surface area contributed by atoms with Gasteiger partial charge in [0.25, 0.3) is 0 Å². The molecule has 0 aliphatic carbocycles. The van der Waals surface area contributed by atoms with E-state index in [1.165, 1.54) is 12.1 Å². The summed E-state index contributed by atoms with van der Waals surface area (Å²) in [6.45, 7) is 3.48. The van der Waals surface area contributed by atoms with E-state index in [4.69, 9.17) is 27.9 Å². The quantitative estimate of drug-likeness (QED) is 0.835. The van der Waals surface area contributed by atoms with Gasteiger partial charge in [-0.1, -0.05) is 30.1 Å². The van der Waals surface area contributed by atoms with Crippen LogP contribution < -0.4 is 10.1 Å². The molecule has 0 atom stereocenters. The van der Waals surface area contributed by atoms with Crippen LogP contribution in [0, 0.1) is 5.82 Å². The molecule has 2 aromatic rings. The predicted octanol–water partition coefficient (Wildman–Crippen LogP) is 5.03. The minimum atomic E-state index is -0.508. The van der Waals surface area contributed by atoms with E-state index in [0.29, 0.717) is 23.1 Å². The molecule has 0 saturated carbocycles. The molecule has 106 valence electrons. The lowest BCUT2D eigenvalue weighted by Crippen LogP contribution is -2.12. The summed E-state index contributed by atoms with van der Waals surface area (Å²) in [6.07, 6.45) is 0. The fraction of sp³-hybridized carbons (Fsp3) is 0.200. The topological polar surface area (TPSA) is 21.3 Å². The van der Waals surface area contributed by atoms with E-state index >= 15 is 0 Å². The van der Waals surface area contributed by atoms with Crippen molar-refractivity contribution in [3.05, 3.63) is 57.8 Å². The van der Waals surface area contributed by atoms with E-state index in [1.807, 2.05) is 13.0 Å². The third kappa shape index (κ3) is 3.85. The summed E-state index contributed by atoms with van der Waals surface area (Å²) in [5.74, 6) is 0.524. The molecule has 1 N–H and O–H groups in total. The molecule has 0 aliphatic heterocycles. The number of nitrogens with one attached hydrogen (secondary N) is 1. The van der Waals surface area contributed by atoms with Crippen LogP contribution in [-0.4, -0.2) is 6.54 Å². The largest absolute Gasteiger partial charge is 0.457 e. The summed E-state index contributed by atoms with van der Waals surface area (Å²) in [5, 5.41) is 3.91. The summed E-state index contributed by atoms with van der Waals surface area (Å²) in [6, 6.07) is 9.67. The lowest BCUT2D eigenvalue weighted by molar-refractivity contribution is 0.468. The molecule has 0 spiro atoms. The van der Waals surface area contributed by atoms with Gasteiger partial charge >= 0.3 is 0 Å². The Labute approximate surface area is 127 Å². The second kappa shape index (κ2) is 6.93. The number of halogens is 3. The third-order valence-electron chi connectivity index (χ3n) is 2.71. The molecule has 0 aliphatic rings. The van der Waals surface area contributed by atoms with Gasteiger partial charge in [0.05, 0.1) is 5.02 Å². The number of rotatable bonds is 5. The number of ether oxygens (including phenoxy) is 1. The third-order valence-corrected chi connectivity index (χ3v) is 3.25. The lowest BCUT2D eigenvalue weighted by Gasteiger charge is -2.12. The van der Waals surface area contributed by atoms with Crippen molar-refractivity contribution in [1.82, 2.24) is 5.32 Å². The van der Waals surface area contributed by atoms with Crippen molar-refractivity contribution in [2.75, 3.05) is 6.54 Å². The maximum atomic E-state index is 13.4. The molecule has 2 nitrogen and oxygen atoms in total. The van der Waals surface area contributed by atoms with Crippen LogP contribution in [0.25, 0.3) is 0 Å². The summed E-state index contributed by atoms with van der Waals surface area (Å²) >= 11 is 11.6. The van der Waals surface area contributed by atoms with Crippen molar-refractivity contribution in [2.45, 2.75) is 13.5 Å². The number of hydrogen-bond donors (Lipinski definition) is 1. The van der Waals surface area contributed by atoms with Gasteiger partial charge in [0.2, 0.25) is 0 Å². The van der Waals surface area contributed by atoms with Gasteiger partial charge in [-0.2, -0.15) is 0 Å². The van der Waals surface area contributed by atoms with Gasteiger partial charge in [-0.15, -0.1) is 0 Å². The molecular formula is C15H14Cl2FNO. The first-order valence-corrected chi connectivity index (χ1v) is 6.97. The van der Waals surface area contributed by atoms with Crippen molar-refractivity contribution < 1.29 is 9.13 Å². The summed E-state index contributed by atoms with van der Waals surface area (Å²) in [4.78, 5) is 0. The minimum Gasteiger partial charge on any atom is -0.457 e. The zero-order valence-electron chi connectivity index (χ0n) is 10.9. The van der Waals surface area contributed by atoms with Crippen molar-refractivity contribution >= 4 is 23.2 Å². The van der Waals surface area contributed by atoms with Crippen molar-refractivity contribution in [2.24, 2.45) is 0 Å². The Balaban J connectivity index is 2.25. The average molecular weight is 314 g/mol. The highest BCUT2D eigenvalue weighted by Crippen LogP contribution is 2.29. The van der Waals surface area contributed by atoms with Crippen LogP contribution >= 0.6 is 23.2 Å². The van der Waals surface area contributed by atoms with Gasteiger partial charge in [-0.25, -0.2) is 4.39 Å². The Bertz CT molecular complexity index is 604. The monoisotopic (exact) mass is 313 g/mol. The molecule has 5 heteroatoms. The van der Waals surface area contributed by atoms with Crippen molar-refractivity contribution in [1.29, 1.82) is 0 Å². The highest BCUT2D eigenvalue weighted by atomic mass is 35.5. The Morgan fingerprint density at radius 3 is 2.65 bits per heavy atom. The van der Waals surface area contributed by atoms with E-state index < -0.39 is 5.82 Å². The second-order valence-corrected chi connectivity index (χ2v) is 5.05. The first-order chi connectivity index (χ1) is 9.60. The van der Waals surface area contributed by atoms with Crippen molar-refractivity contribution in [3.8, 4) is 11.5 Å². The van der Waals surface area contributed by atoms with Gasteiger partial charge < -0.3 is 10.1 Å². The molecule has 0 fully saturated rings. The molecule has 0 heterocycles. The van der Waals surface area contributed by atoms with E-state index in [0.717, 1.165) is 12.1 Å². The van der Waals surface area contributed by atoms with Gasteiger partial charge in [-0.3, -0.25) is 0 Å². The maximum Gasteiger partial charge on any atom is 0.145 e. The molecule has 0 aromatic heterocycles. The highest BCUT2D eigenvalue weighted by molar-refractivity contribution is 6.31. The van der Waals surface area contributed by atoms with E-state index in [1.54, 1.807) is 18.2 Å². The fourth-order valence-corrected chi connectivity index (χ4v) is 2.02. The molecule has 2 aromatic carbocycles. The molecule has 0 radical (unpaired) electrons. The van der Waals surface area contributed by atoms with E-state index in [2.05, 4.69) is 5.32 Å². The fourth-order valence-electron chi connectivity index (χ4n) is 1.71. The molecule has 2 rings (SSSR count). The van der Waals surface area contributed by atoms with Crippen LogP contribution in [0.4, 0.5) is 4.39 Å².